The number of nitrogens with two attached hydrogens (primary N) is 2. The van der Waals surface area contributed by atoms with E-state index < -0.39 is 18.4 Å². The number of carbonyl (C=O) groups is 2. The van der Waals surface area contributed by atoms with Gasteiger partial charge in [0.25, 0.3) is 0 Å². The molecule has 152 valence electrons. The SMILES string of the molecule is CC(N)=C(C(=O)OCC(=O)c1ccccc1Cl)C(N)=NCCN1CCOCC1. The number of Topliss-reactive ketones (excluding diaryl/α,β-unsaturated/α-hetero) is 1. The Balaban J connectivity index is 1.93. The lowest BCUT2D eigenvalue weighted by Gasteiger charge is -2.25. The maximum absolute atomic E-state index is 12.4. The van der Waals surface area contributed by atoms with Crippen molar-refractivity contribution in [2.45, 2.75) is 6.92 Å². The van der Waals surface area contributed by atoms with Gasteiger partial charge >= 0.3 is 5.97 Å². The second kappa shape index (κ2) is 10.8. The van der Waals surface area contributed by atoms with Crippen molar-refractivity contribution in [1.82, 2.24) is 4.90 Å². The fraction of sp³-hybridized carbons (Fsp3) is 0.421. The van der Waals surface area contributed by atoms with Crippen molar-refractivity contribution in [3.63, 3.8) is 0 Å². The quantitative estimate of drug-likeness (QED) is 0.216. The van der Waals surface area contributed by atoms with Gasteiger partial charge in [0.15, 0.2) is 6.61 Å². The van der Waals surface area contributed by atoms with E-state index in [0.717, 1.165) is 13.1 Å². The first-order valence-electron chi connectivity index (χ1n) is 8.91. The zero-order chi connectivity index (χ0) is 20.5. The monoisotopic (exact) mass is 408 g/mol. The molecule has 1 aromatic rings. The summed E-state index contributed by atoms with van der Waals surface area (Å²) in [7, 11) is 0. The third-order valence-corrected chi connectivity index (χ3v) is 4.49. The van der Waals surface area contributed by atoms with Crippen molar-refractivity contribution in [3.8, 4) is 0 Å². The number of carbonyl (C=O) groups excluding carboxylic acids is 2. The Labute approximate surface area is 169 Å². The number of halogens is 1. The Morgan fingerprint density at radius 2 is 1.93 bits per heavy atom. The molecule has 1 aliphatic heterocycles. The first-order valence-corrected chi connectivity index (χ1v) is 9.29. The van der Waals surface area contributed by atoms with E-state index in [1.54, 1.807) is 24.3 Å². The van der Waals surface area contributed by atoms with Crippen molar-refractivity contribution in [3.05, 3.63) is 46.1 Å². The van der Waals surface area contributed by atoms with Gasteiger partial charge in [-0.25, -0.2) is 4.79 Å². The third-order valence-electron chi connectivity index (χ3n) is 4.17. The van der Waals surface area contributed by atoms with Crippen LogP contribution < -0.4 is 11.5 Å². The molecule has 1 heterocycles. The Morgan fingerprint density at radius 3 is 2.57 bits per heavy atom. The second-order valence-corrected chi connectivity index (χ2v) is 6.67. The number of ketones is 1. The molecule has 1 aromatic carbocycles. The number of ether oxygens (including phenoxy) is 2. The molecule has 0 spiro atoms. The maximum Gasteiger partial charge on any atom is 0.344 e. The molecular weight excluding hydrogens is 384 g/mol. The lowest BCUT2D eigenvalue weighted by molar-refractivity contribution is -0.137. The van der Waals surface area contributed by atoms with E-state index in [2.05, 4.69) is 9.89 Å². The van der Waals surface area contributed by atoms with Crippen LogP contribution in [0.5, 0.6) is 0 Å². The average molecular weight is 409 g/mol. The molecule has 4 N–H and O–H groups in total. The number of rotatable bonds is 8. The van der Waals surface area contributed by atoms with Crippen molar-refractivity contribution < 1.29 is 19.1 Å². The summed E-state index contributed by atoms with van der Waals surface area (Å²) in [5.41, 5.74) is 12.1. The van der Waals surface area contributed by atoms with Gasteiger partial charge < -0.3 is 20.9 Å². The number of hydrogen-bond acceptors (Lipinski definition) is 7. The predicted molar refractivity (Wildman–Crippen MR) is 107 cm³/mol. The van der Waals surface area contributed by atoms with Crippen molar-refractivity contribution in [2.75, 3.05) is 46.0 Å². The lowest BCUT2D eigenvalue weighted by Crippen LogP contribution is -2.38. The molecule has 9 heteroatoms. The van der Waals surface area contributed by atoms with Crippen LogP contribution >= 0.6 is 11.6 Å². The van der Waals surface area contributed by atoms with Crippen LogP contribution in [0.4, 0.5) is 0 Å². The summed E-state index contributed by atoms with van der Waals surface area (Å²) in [4.78, 5) is 31.0. The molecule has 0 radical (unpaired) electrons. The standard InChI is InChI=1S/C19H25ClN4O4/c1-13(21)17(18(22)23-6-7-24-8-10-27-11-9-24)19(26)28-12-16(25)14-4-2-3-5-15(14)20/h2-5H,6-12,21H2,1H3,(H2,22,23). The molecule has 0 bridgehead atoms. The van der Waals surface area contributed by atoms with E-state index >= 15 is 0 Å². The highest BCUT2D eigenvalue weighted by molar-refractivity contribution is 6.34. The molecule has 2 rings (SSSR count). The highest BCUT2D eigenvalue weighted by atomic mass is 35.5. The number of morpholine rings is 1. The van der Waals surface area contributed by atoms with Crippen LogP contribution in [0.15, 0.2) is 40.5 Å². The van der Waals surface area contributed by atoms with Gasteiger partial charge in [0, 0.05) is 30.9 Å². The Morgan fingerprint density at radius 1 is 1.25 bits per heavy atom. The lowest BCUT2D eigenvalue weighted by atomic mass is 10.1. The molecule has 0 aromatic heterocycles. The molecule has 8 nitrogen and oxygen atoms in total. The molecular formula is C19H25ClN4O4. The van der Waals surface area contributed by atoms with Crippen molar-refractivity contribution >= 4 is 29.2 Å². The smallest absolute Gasteiger partial charge is 0.344 e. The van der Waals surface area contributed by atoms with Gasteiger partial charge in [-0.05, 0) is 19.1 Å². The minimum Gasteiger partial charge on any atom is -0.454 e. The summed E-state index contributed by atoms with van der Waals surface area (Å²) in [6.07, 6.45) is 0. The fourth-order valence-electron chi connectivity index (χ4n) is 2.65. The van der Waals surface area contributed by atoms with Gasteiger partial charge in [0.1, 0.15) is 11.4 Å². The topological polar surface area (TPSA) is 120 Å². The summed E-state index contributed by atoms with van der Waals surface area (Å²) in [5, 5.41) is 0.290. The van der Waals surface area contributed by atoms with Gasteiger partial charge in [-0.3, -0.25) is 14.7 Å². The second-order valence-electron chi connectivity index (χ2n) is 6.26. The van der Waals surface area contributed by atoms with Gasteiger partial charge in [-0.1, -0.05) is 23.7 Å². The van der Waals surface area contributed by atoms with E-state index in [0.29, 0.717) is 31.3 Å². The number of aliphatic imine (C=N–C) groups is 1. The van der Waals surface area contributed by atoms with Crippen LogP contribution in [-0.4, -0.2) is 68.5 Å². The normalized spacial score (nSPS) is 16.4. The minimum atomic E-state index is -0.798. The van der Waals surface area contributed by atoms with Crippen LogP contribution in [0, 0.1) is 0 Å². The summed E-state index contributed by atoms with van der Waals surface area (Å²) < 4.78 is 10.4. The number of nitrogens with zero attached hydrogens (tertiary/aromatic N) is 2. The summed E-state index contributed by atoms with van der Waals surface area (Å²) in [5.74, 6) is -1.23. The van der Waals surface area contributed by atoms with Crippen molar-refractivity contribution in [2.24, 2.45) is 16.5 Å². The first-order chi connectivity index (χ1) is 13.4. The van der Waals surface area contributed by atoms with E-state index in [9.17, 15) is 9.59 Å². The average Bonchev–Trinajstić information content (AvgIpc) is 2.67. The van der Waals surface area contributed by atoms with E-state index in [4.69, 9.17) is 32.5 Å². The van der Waals surface area contributed by atoms with Gasteiger partial charge in [-0.2, -0.15) is 0 Å². The van der Waals surface area contributed by atoms with Gasteiger partial charge in [-0.15, -0.1) is 0 Å². The Hall–Kier alpha value is -2.42. The summed E-state index contributed by atoms with van der Waals surface area (Å²) >= 11 is 5.98. The predicted octanol–water partition coefficient (Wildman–Crippen LogP) is 0.988. The van der Waals surface area contributed by atoms with Crippen LogP contribution in [0.3, 0.4) is 0 Å². The molecule has 0 aliphatic carbocycles. The minimum absolute atomic E-state index is 0.0107. The van der Waals surface area contributed by atoms with Gasteiger partial charge in [0.2, 0.25) is 5.78 Å². The van der Waals surface area contributed by atoms with Gasteiger partial charge in [0.05, 0.1) is 24.8 Å². The zero-order valence-electron chi connectivity index (χ0n) is 15.8. The fourth-order valence-corrected chi connectivity index (χ4v) is 2.89. The number of benzene rings is 1. The molecule has 0 saturated carbocycles. The molecule has 1 saturated heterocycles. The number of allylic oxidation sites excluding steroid dienone is 1. The summed E-state index contributed by atoms with van der Waals surface area (Å²) in [6.45, 7) is 5.21. The number of amidine groups is 1. The zero-order valence-corrected chi connectivity index (χ0v) is 16.6. The van der Waals surface area contributed by atoms with Crippen LogP contribution in [0.2, 0.25) is 5.02 Å². The maximum atomic E-state index is 12.4. The molecule has 28 heavy (non-hydrogen) atoms. The van der Waals surface area contributed by atoms with E-state index in [1.807, 2.05) is 0 Å². The highest BCUT2D eigenvalue weighted by Gasteiger charge is 2.20. The molecule has 1 aliphatic rings. The van der Waals surface area contributed by atoms with E-state index in [-0.39, 0.29) is 22.7 Å². The van der Waals surface area contributed by atoms with Crippen LogP contribution in [-0.2, 0) is 14.3 Å². The molecule has 1 fully saturated rings. The van der Waals surface area contributed by atoms with Crippen LogP contribution in [0.1, 0.15) is 17.3 Å². The largest absolute Gasteiger partial charge is 0.454 e. The Bertz CT molecular complexity index is 769. The Kier molecular flexibility index (Phi) is 8.43. The third kappa shape index (κ3) is 6.33. The molecule has 0 atom stereocenters. The summed E-state index contributed by atoms with van der Waals surface area (Å²) in [6, 6.07) is 6.53. The number of esters is 1. The van der Waals surface area contributed by atoms with Crippen LogP contribution in [0.25, 0.3) is 0 Å². The first kappa shape index (κ1) is 21.9. The molecule has 0 unspecified atom stereocenters. The highest BCUT2D eigenvalue weighted by Crippen LogP contribution is 2.16. The molecule has 0 amide bonds. The number of hydrogen-bond donors (Lipinski definition) is 2. The van der Waals surface area contributed by atoms with E-state index in [1.165, 1.54) is 6.92 Å². The van der Waals surface area contributed by atoms with Crippen molar-refractivity contribution in [1.29, 1.82) is 0 Å².